The zero-order valence-electron chi connectivity index (χ0n) is 13.9. The van der Waals surface area contributed by atoms with E-state index >= 15 is 0 Å². The van der Waals surface area contributed by atoms with Gasteiger partial charge in [0, 0.05) is 6.54 Å². The van der Waals surface area contributed by atoms with Gasteiger partial charge in [-0.1, -0.05) is 31.4 Å². The molecule has 0 aromatic rings. The molecule has 0 aromatic heterocycles. The molecule has 1 heterocycles. The molecule has 0 fully saturated rings. The van der Waals surface area contributed by atoms with Gasteiger partial charge in [0.1, 0.15) is 0 Å². The van der Waals surface area contributed by atoms with Gasteiger partial charge in [-0.3, -0.25) is 0 Å². The Bertz CT molecular complexity index is 441. The molecule has 1 aliphatic rings. The largest absolute Gasteiger partial charge is 0.452 e. The topological polar surface area (TPSA) is 86.7 Å². The molecule has 130 valence electrons. The lowest BCUT2D eigenvalue weighted by Crippen LogP contribution is -2.57. The number of ether oxygens (including phenoxy) is 2. The first-order chi connectivity index (χ1) is 11.1. The molecule has 0 radical (unpaired) electrons. The fourth-order valence-electron chi connectivity index (χ4n) is 1.84. The number of carbonyl (C=O) groups is 2. The summed E-state index contributed by atoms with van der Waals surface area (Å²) >= 11 is 0. The predicted octanol–water partition coefficient (Wildman–Crippen LogP) is 2.24. The Morgan fingerprint density at radius 2 is 2.04 bits per heavy atom. The predicted molar refractivity (Wildman–Crippen MR) is 84.7 cm³/mol. The average Bonchev–Trinajstić information content (AvgIpc) is 2.56. The van der Waals surface area contributed by atoms with E-state index in [0.717, 1.165) is 30.9 Å². The van der Waals surface area contributed by atoms with Crippen LogP contribution in [0.15, 0.2) is 17.4 Å². The molecule has 1 rings (SSSR count). The van der Waals surface area contributed by atoms with Gasteiger partial charge in [0.15, 0.2) is 0 Å². The smallest absolute Gasteiger partial charge is 0.430 e. The van der Waals surface area contributed by atoms with Crippen LogP contribution in [0, 0.1) is 0 Å². The van der Waals surface area contributed by atoms with Gasteiger partial charge in [0.2, 0.25) is 0 Å². The van der Waals surface area contributed by atoms with E-state index in [9.17, 15) is 9.59 Å². The van der Waals surface area contributed by atoms with Crippen molar-refractivity contribution in [3.8, 4) is 0 Å². The van der Waals surface area contributed by atoms with Crippen LogP contribution in [0.4, 0.5) is 9.59 Å². The molecular weight excluding hydrogens is 302 g/mol. The first kappa shape index (κ1) is 18.6. The molecule has 9 heteroatoms. The second-order valence-electron chi connectivity index (χ2n) is 4.71. The van der Waals surface area contributed by atoms with Gasteiger partial charge >= 0.3 is 12.2 Å². The van der Waals surface area contributed by atoms with Crippen LogP contribution in [-0.4, -0.2) is 54.0 Å². The molecule has 0 saturated carbocycles. The van der Waals surface area contributed by atoms with Crippen LogP contribution in [0.25, 0.3) is 0 Å². The molecule has 1 aliphatic heterocycles. The fraction of sp³-hybridized carbons (Fsp3) is 0.643. The number of nitrogens with zero attached hydrogens (tertiary/aromatic N) is 4. The number of rotatable bonds is 8. The van der Waals surface area contributed by atoms with Crippen LogP contribution < -0.4 is 5.43 Å². The zero-order chi connectivity index (χ0) is 17.1. The summed E-state index contributed by atoms with van der Waals surface area (Å²) in [5.41, 5.74) is 2.37. The number of unbranched alkanes of at least 4 members (excludes halogenated alkanes) is 3. The zero-order valence-corrected chi connectivity index (χ0v) is 13.9. The summed E-state index contributed by atoms with van der Waals surface area (Å²) in [4.78, 5) is 23.6. The van der Waals surface area contributed by atoms with Crippen molar-refractivity contribution >= 4 is 18.4 Å². The summed E-state index contributed by atoms with van der Waals surface area (Å²) in [5.74, 6) is 0. The number of nitrogens with one attached hydrogen (secondary N) is 1. The lowest BCUT2D eigenvalue weighted by molar-refractivity contribution is -0.153. The maximum atomic E-state index is 12.2. The third-order valence-corrected chi connectivity index (χ3v) is 3.03. The molecule has 0 bridgehead atoms. The number of hydrogen-bond donors (Lipinski definition) is 1. The number of hydrogen-bond acceptors (Lipinski definition) is 7. The van der Waals surface area contributed by atoms with Crippen molar-refractivity contribution in [3.05, 3.63) is 12.3 Å². The lowest BCUT2D eigenvalue weighted by atomic mass is 10.2. The highest BCUT2D eigenvalue weighted by Crippen LogP contribution is 2.10. The molecule has 0 saturated heterocycles. The number of methoxy groups -OCH3 is 1. The van der Waals surface area contributed by atoms with Crippen LogP contribution in [0.3, 0.4) is 0 Å². The molecule has 0 aliphatic carbocycles. The van der Waals surface area contributed by atoms with Crippen molar-refractivity contribution < 1.29 is 19.1 Å². The molecule has 0 atom stereocenters. The minimum atomic E-state index is -0.702. The second kappa shape index (κ2) is 10.3. The first-order valence-electron chi connectivity index (χ1n) is 7.72. The Hall–Kier alpha value is -2.45. The molecule has 0 spiro atoms. The summed E-state index contributed by atoms with van der Waals surface area (Å²) in [5, 5.41) is 7.69. The maximum absolute atomic E-state index is 12.2. The van der Waals surface area contributed by atoms with Crippen molar-refractivity contribution in [2.24, 2.45) is 5.10 Å². The Morgan fingerprint density at radius 1 is 1.26 bits per heavy atom. The molecule has 1 N–H and O–H groups in total. The van der Waals surface area contributed by atoms with Crippen LogP contribution in [-0.2, 0) is 9.47 Å². The third kappa shape index (κ3) is 6.05. The van der Waals surface area contributed by atoms with E-state index in [0.29, 0.717) is 13.2 Å². The molecular formula is C14H25N5O4. The van der Waals surface area contributed by atoms with E-state index in [2.05, 4.69) is 22.2 Å². The minimum Gasteiger partial charge on any atom is -0.452 e. The van der Waals surface area contributed by atoms with Crippen molar-refractivity contribution in [2.75, 3.05) is 20.3 Å². The van der Waals surface area contributed by atoms with Crippen LogP contribution in [0.5, 0.6) is 0 Å². The highest BCUT2D eigenvalue weighted by Gasteiger charge is 2.26. The van der Waals surface area contributed by atoms with Crippen LogP contribution >= 0.6 is 0 Å². The van der Waals surface area contributed by atoms with Crippen molar-refractivity contribution in [3.63, 3.8) is 0 Å². The normalized spacial score (nSPS) is 13.0. The Balaban J connectivity index is 2.58. The SMILES string of the molecule is CCCCCCOC(=O)N(CC)N1C=CC=NN1NC(=O)OC. The second-order valence-corrected chi connectivity index (χ2v) is 4.71. The lowest BCUT2D eigenvalue weighted by Gasteiger charge is -2.38. The summed E-state index contributed by atoms with van der Waals surface area (Å²) < 4.78 is 9.79. The quantitative estimate of drug-likeness (QED) is 0.688. The summed E-state index contributed by atoms with van der Waals surface area (Å²) in [7, 11) is 1.24. The van der Waals surface area contributed by atoms with Gasteiger partial charge in [0.05, 0.1) is 26.1 Å². The van der Waals surface area contributed by atoms with E-state index in [4.69, 9.17) is 4.74 Å². The molecule has 2 amide bonds. The fourth-order valence-corrected chi connectivity index (χ4v) is 1.84. The van der Waals surface area contributed by atoms with E-state index in [1.165, 1.54) is 23.5 Å². The number of hydrazine groups is 3. The van der Waals surface area contributed by atoms with E-state index in [-0.39, 0.29) is 0 Å². The Kier molecular flexibility index (Phi) is 8.33. The number of amides is 2. The number of carbonyl (C=O) groups excluding carboxylic acids is 2. The van der Waals surface area contributed by atoms with Gasteiger partial charge in [0.25, 0.3) is 0 Å². The third-order valence-electron chi connectivity index (χ3n) is 3.03. The first-order valence-corrected chi connectivity index (χ1v) is 7.72. The number of hydrazone groups is 1. The molecule has 9 nitrogen and oxygen atoms in total. The van der Waals surface area contributed by atoms with E-state index in [1.54, 1.807) is 19.2 Å². The van der Waals surface area contributed by atoms with Gasteiger partial charge in [-0.25, -0.2) is 9.59 Å². The Morgan fingerprint density at radius 3 is 2.70 bits per heavy atom. The van der Waals surface area contributed by atoms with E-state index < -0.39 is 12.2 Å². The van der Waals surface area contributed by atoms with Gasteiger partial charge in [-0.15, -0.1) is 5.10 Å². The van der Waals surface area contributed by atoms with Gasteiger partial charge in [-0.05, 0) is 19.4 Å². The van der Waals surface area contributed by atoms with Crippen LogP contribution in [0.2, 0.25) is 0 Å². The van der Waals surface area contributed by atoms with Crippen molar-refractivity contribution in [1.29, 1.82) is 0 Å². The standard InChI is InChI=1S/C14H25N5O4/c1-4-6-7-8-12-23-14(21)17(5-2)18-11-9-10-15-19(18)16-13(20)22-3/h9-11H,4-8,12H2,1-3H3,(H,16,20). The summed E-state index contributed by atoms with van der Waals surface area (Å²) in [6.07, 6.45) is 7.56. The van der Waals surface area contributed by atoms with Gasteiger partial charge in [-0.2, -0.15) is 15.6 Å². The highest BCUT2D eigenvalue weighted by atomic mass is 16.6. The average molecular weight is 327 g/mol. The van der Waals surface area contributed by atoms with Crippen molar-refractivity contribution in [1.82, 2.24) is 20.8 Å². The molecule has 23 heavy (non-hydrogen) atoms. The van der Waals surface area contributed by atoms with Crippen LogP contribution in [0.1, 0.15) is 39.5 Å². The molecule has 0 unspecified atom stereocenters. The highest BCUT2D eigenvalue weighted by molar-refractivity contribution is 5.72. The summed E-state index contributed by atoms with van der Waals surface area (Å²) in [6, 6.07) is 0. The van der Waals surface area contributed by atoms with Gasteiger partial charge < -0.3 is 9.47 Å². The maximum Gasteiger partial charge on any atom is 0.430 e. The summed E-state index contributed by atoms with van der Waals surface area (Å²) in [6.45, 7) is 4.62. The minimum absolute atomic E-state index is 0.340. The Labute approximate surface area is 136 Å². The van der Waals surface area contributed by atoms with E-state index in [1.807, 2.05) is 0 Å². The number of allylic oxidation sites excluding steroid dienone is 1. The monoisotopic (exact) mass is 327 g/mol. The molecule has 0 aromatic carbocycles. The van der Waals surface area contributed by atoms with Crippen molar-refractivity contribution in [2.45, 2.75) is 39.5 Å².